The van der Waals surface area contributed by atoms with Gasteiger partial charge in [0.2, 0.25) is 5.78 Å². The molecule has 0 amide bonds. The topological polar surface area (TPSA) is 110 Å². The van der Waals surface area contributed by atoms with E-state index in [9.17, 15) is 22.0 Å². The van der Waals surface area contributed by atoms with Gasteiger partial charge < -0.3 is 15.2 Å². The van der Waals surface area contributed by atoms with E-state index < -0.39 is 45.0 Å². The summed E-state index contributed by atoms with van der Waals surface area (Å²) in [5.41, 5.74) is 1.71. The van der Waals surface area contributed by atoms with Gasteiger partial charge in [-0.05, 0) is 67.7 Å². The van der Waals surface area contributed by atoms with Crippen molar-refractivity contribution < 1.29 is 26.4 Å². The number of halogens is 3. The second kappa shape index (κ2) is 11.9. The Morgan fingerprint density at radius 3 is 2.51 bits per heavy atom. The van der Waals surface area contributed by atoms with Gasteiger partial charge in [0, 0.05) is 61.0 Å². The lowest BCUT2D eigenvalue weighted by Gasteiger charge is -2.41. The van der Waals surface area contributed by atoms with E-state index in [0.717, 1.165) is 66.2 Å². The summed E-state index contributed by atoms with van der Waals surface area (Å²) >= 11 is 0. The average molecular weight is 639 g/mol. The predicted molar refractivity (Wildman–Crippen MR) is 165 cm³/mol. The first kappa shape index (κ1) is 29.9. The van der Waals surface area contributed by atoms with Crippen molar-refractivity contribution in [2.75, 3.05) is 50.5 Å². The van der Waals surface area contributed by atoms with Crippen LogP contribution in [0.2, 0.25) is 0 Å². The van der Waals surface area contributed by atoms with Crippen LogP contribution in [0, 0.1) is 17.6 Å². The number of rotatable bonds is 10. The Hall–Kier alpha value is -3.78. The highest BCUT2D eigenvalue weighted by Gasteiger charge is 2.33. The van der Waals surface area contributed by atoms with E-state index in [-0.39, 0.29) is 25.1 Å². The van der Waals surface area contributed by atoms with Gasteiger partial charge in [0.25, 0.3) is 0 Å². The number of alkyl halides is 1. The number of nitrogens with one attached hydrogen (secondary N) is 3. The minimum atomic E-state index is -4.31. The SMILES string of the molecule is O=C(c1c(F)ccc(NS(=O)(=O)N2CCC(F)C2)c1F)c1c[nH]c2ncc(-c3ccc(C4CN(CCC5CNC5)C4)cc3)cc12. The van der Waals surface area contributed by atoms with E-state index >= 15 is 4.39 Å². The zero-order valence-electron chi connectivity index (χ0n) is 24.4. The summed E-state index contributed by atoms with van der Waals surface area (Å²) in [4.78, 5) is 23.3. The molecule has 3 aliphatic rings. The maximum Gasteiger partial charge on any atom is 0.301 e. The molecular formula is C32H33F3N6O3S. The number of nitrogens with zero attached hydrogens (tertiary/aromatic N) is 3. The lowest BCUT2D eigenvalue weighted by atomic mass is 9.89. The third-order valence-corrected chi connectivity index (χ3v) is 10.6. The van der Waals surface area contributed by atoms with Crippen molar-refractivity contribution in [1.29, 1.82) is 0 Å². The number of hydrogen-bond donors (Lipinski definition) is 3. The van der Waals surface area contributed by atoms with Crippen LogP contribution in [-0.2, 0) is 10.2 Å². The fraction of sp³-hybridized carbons (Fsp3) is 0.375. The van der Waals surface area contributed by atoms with Gasteiger partial charge in [-0.3, -0.25) is 9.52 Å². The first-order valence-corrected chi connectivity index (χ1v) is 16.6. The van der Waals surface area contributed by atoms with Crippen LogP contribution in [-0.4, -0.2) is 85.4 Å². The van der Waals surface area contributed by atoms with Crippen molar-refractivity contribution in [1.82, 2.24) is 24.5 Å². The molecule has 0 bridgehead atoms. The van der Waals surface area contributed by atoms with Crippen molar-refractivity contribution in [2.45, 2.75) is 24.9 Å². The Morgan fingerprint density at radius 2 is 1.82 bits per heavy atom. The van der Waals surface area contributed by atoms with Gasteiger partial charge in [-0.2, -0.15) is 12.7 Å². The average Bonchev–Trinajstić information content (AvgIpc) is 3.61. The van der Waals surface area contributed by atoms with E-state index in [2.05, 4.69) is 32.3 Å². The maximum absolute atomic E-state index is 15.6. The van der Waals surface area contributed by atoms with E-state index in [4.69, 9.17) is 0 Å². The molecule has 2 aromatic heterocycles. The number of hydrogen-bond acceptors (Lipinski definition) is 6. The van der Waals surface area contributed by atoms with Crippen LogP contribution >= 0.6 is 0 Å². The van der Waals surface area contributed by atoms with Gasteiger partial charge in [0.1, 0.15) is 17.6 Å². The number of aromatic amines is 1. The number of benzene rings is 2. The van der Waals surface area contributed by atoms with Crippen LogP contribution in [0.1, 0.15) is 40.2 Å². The van der Waals surface area contributed by atoms with Gasteiger partial charge in [-0.25, -0.2) is 18.2 Å². The predicted octanol–water partition coefficient (Wildman–Crippen LogP) is 4.45. The minimum Gasteiger partial charge on any atom is -0.345 e. The van der Waals surface area contributed by atoms with Crippen molar-refractivity contribution in [3.8, 4) is 11.1 Å². The van der Waals surface area contributed by atoms with Crippen LogP contribution in [0.25, 0.3) is 22.2 Å². The molecule has 3 aliphatic heterocycles. The smallest absolute Gasteiger partial charge is 0.301 e. The summed E-state index contributed by atoms with van der Waals surface area (Å²) in [6, 6.07) is 11.7. The molecular weight excluding hydrogens is 605 g/mol. The molecule has 13 heteroatoms. The fourth-order valence-electron chi connectivity index (χ4n) is 6.26. The molecule has 0 saturated carbocycles. The van der Waals surface area contributed by atoms with E-state index in [1.54, 1.807) is 12.3 Å². The van der Waals surface area contributed by atoms with Crippen molar-refractivity contribution in [2.24, 2.45) is 5.92 Å². The molecule has 3 saturated heterocycles. The van der Waals surface area contributed by atoms with Crippen molar-refractivity contribution in [3.63, 3.8) is 0 Å². The zero-order valence-corrected chi connectivity index (χ0v) is 25.2. The third kappa shape index (κ3) is 5.85. The molecule has 1 atom stereocenters. The number of carbonyl (C=O) groups is 1. The Balaban J connectivity index is 1.09. The van der Waals surface area contributed by atoms with Gasteiger partial charge in [0.15, 0.2) is 5.82 Å². The number of ketones is 1. The zero-order chi connectivity index (χ0) is 31.3. The summed E-state index contributed by atoms with van der Waals surface area (Å²) in [5.74, 6) is -2.17. The Morgan fingerprint density at radius 1 is 1.04 bits per heavy atom. The molecule has 1 unspecified atom stereocenters. The Labute approximate surface area is 259 Å². The standard InChI is InChI=1S/C32H33F3N6O3S/c33-24-8-10-41(18-24)45(43,44)39-28-6-5-27(34)29(30(28)35)31(42)26-15-38-32-25(26)11-22(14-37-32)20-1-3-21(4-2-20)23-16-40(17-23)9-7-19-12-36-13-19/h1-6,11,14-15,19,23-24,36,39H,7-10,12-13,16-18H2,(H,37,38). The van der Waals surface area contributed by atoms with Crippen LogP contribution in [0.5, 0.6) is 0 Å². The van der Waals surface area contributed by atoms with Gasteiger partial charge in [-0.15, -0.1) is 0 Å². The number of fused-ring (bicyclic) bond motifs is 1. The molecule has 7 rings (SSSR count). The van der Waals surface area contributed by atoms with Gasteiger partial charge in [0.05, 0.1) is 11.3 Å². The summed E-state index contributed by atoms with van der Waals surface area (Å²) in [7, 11) is -4.31. The molecule has 236 valence electrons. The molecule has 0 spiro atoms. The number of likely N-dealkylation sites (tertiary alicyclic amines) is 1. The number of anilines is 1. The number of H-pyrrole nitrogens is 1. The fourth-order valence-corrected chi connectivity index (χ4v) is 7.53. The summed E-state index contributed by atoms with van der Waals surface area (Å²) in [6.45, 7) is 5.06. The lowest BCUT2D eigenvalue weighted by molar-refractivity contribution is 0.103. The minimum absolute atomic E-state index is 0.0131. The largest absolute Gasteiger partial charge is 0.345 e. The van der Waals surface area contributed by atoms with Crippen LogP contribution in [0.4, 0.5) is 18.9 Å². The highest BCUT2D eigenvalue weighted by Crippen LogP contribution is 2.32. The molecule has 9 nitrogen and oxygen atoms in total. The van der Waals surface area contributed by atoms with E-state index in [0.29, 0.717) is 17.0 Å². The molecule has 3 N–H and O–H groups in total. The first-order chi connectivity index (χ1) is 21.7. The second-order valence-corrected chi connectivity index (χ2v) is 13.8. The molecule has 0 radical (unpaired) electrons. The lowest BCUT2D eigenvalue weighted by Crippen LogP contribution is -2.48. The number of aromatic nitrogens is 2. The second-order valence-electron chi connectivity index (χ2n) is 12.2. The Kier molecular flexibility index (Phi) is 7.88. The Bertz CT molecular complexity index is 1860. The van der Waals surface area contributed by atoms with Crippen LogP contribution in [0.3, 0.4) is 0 Å². The maximum atomic E-state index is 15.6. The van der Waals surface area contributed by atoms with Crippen LogP contribution in [0.15, 0.2) is 54.9 Å². The van der Waals surface area contributed by atoms with Crippen LogP contribution < -0.4 is 10.0 Å². The monoisotopic (exact) mass is 638 g/mol. The summed E-state index contributed by atoms with van der Waals surface area (Å²) < 4.78 is 72.3. The summed E-state index contributed by atoms with van der Waals surface area (Å²) in [5, 5.41) is 3.69. The molecule has 3 fully saturated rings. The van der Waals surface area contributed by atoms with Crippen molar-refractivity contribution in [3.05, 3.63) is 83.2 Å². The van der Waals surface area contributed by atoms with Gasteiger partial charge >= 0.3 is 10.2 Å². The normalized spacial score (nSPS) is 19.9. The number of carbonyl (C=O) groups excluding carboxylic acids is 1. The van der Waals surface area contributed by atoms with E-state index in [1.807, 2.05) is 16.9 Å². The van der Waals surface area contributed by atoms with Crippen molar-refractivity contribution >= 4 is 32.7 Å². The van der Waals surface area contributed by atoms with Gasteiger partial charge in [-0.1, -0.05) is 24.3 Å². The van der Waals surface area contributed by atoms with E-state index in [1.165, 1.54) is 18.2 Å². The molecule has 5 heterocycles. The molecule has 2 aromatic carbocycles. The molecule has 4 aromatic rings. The molecule has 45 heavy (non-hydrogen) atoms. The summed E-state index contributed by atoms with van der Waals surface area (Å²) in [6.07, 6.45) is 2.93. The first-order valence-electron chi connectivity index (χ1n) is 15.1. The molecule has 0 aliphatic carbocycles. The highest BCUT2D eigenvalue weighted by molar-refractivity contribution is 7.90. The quantitative estimate of drug-likeness (QED) is 0.222. The highest BCUT2D eigenvalue weighted by atomic mass is 32.2. The third-order valence-electron chi connectivity index (χ3n) is 9.16. The number of pyridine rings is 1.